The molecule has 2 aromatic carbocycles. The van der Waals surface area contributed by atoms with Crippen LogP contribution in [0.1, 0.15) is 53.9 Å². The number of benzene rings is 2. The van der Waals surface area contributed by atoms with Gasteiger partial charge in [0, 0.05) is 34.7 Å². The molecule has 2 nitrogen and oxygen atoms in total. The second-order valence-electron chi connectivity index (χ2n) is 6.47. The molecule has 0 spiro atoms. The van der Waals surface area contributed by atoms with Crippen LogP contribution in [-0.2, 0) is 4.79 Å². The summed E-state index contributed by atoms with van der Waals surface area (Å²) in [7, 11) is 0. The van der Waals surface area contributed by atoms with Gasteiger partial charge in [-0.2, -0.15) is 0 Å². The van der Waals surface area contributed by atoms with E-state index in [1.807, 2.05) is 54.6 Å². The molecule has 1 aliphatic rings. The molecule has 3 heteroatoms. The van der Waals surface area contributed by atoms with Crippen molar-refractivity contribution in [2.75, 3.05) is 0 Å². The van der Waals surface area contributed by atoms with Crippen LogP contribution >= 0.6 is 15.9 Å². The Kier molecular flexibility index (Phi) is 5.62. The number of Topliss-reactive ketones (excluding diaryl/α,β-unsaturated/α-hetero) is 2. The molecule has 0 saturated heterocycles. The second kappa shape index (κ2) is 7.89. The Balaban J connectivity index is 1.90. The number of halogens is 1. The zero-order valence-corrected chi connectivity index (χ0v) is 15.2. The van der Waals surface area contributed by atoms with Gasteiger partial charge < -0.3 is 0 Å². The van der Waals surface area contributed by atoms with E-state index in [-0.39, 0.29) is 17.6 Å². The van der Waals surface area contributed by atoms with Crippen molar-refractivity contribution in [1.29, 1.82) is 0 Å². The predicted molar refractivity (Wildman–Crippen MR) is 99.2 cm³/mol. The van der Waals surface area contributed by atoms with Gasteiger partial charge in [-0.1, -0.05) is 64.8 Å². The highest BCUT2D eigenvalue weighted by Crippen LogP contribution is 2.37. The van der Waals surface area contributed by atoms with E-state index in [0.29, 0.717) is 18.6 Å². The monoisotopic (exact) mass is 384 g/mol. The zero-order valence-electron chi connectivity index (χ0n) is 13.6. The highest BCUT2D eigenvalue weighted by atomic mass is 79.9. The fraction of sp³-hybridized carbons (Fsp3) is 0.333. The van der Waals surface area contributed by atoms with Crippen molar-refractivity contribution in [3.8, 4) is 0 Å². The summed E-state index contributed by atoms with van der Waals surface area (Å²) in [6.45, 7) is 0. The molecular formula is C21H21BrO2. The van der Waals surface area contributed by atoms with Crippen LogP contribution in [-0.4, -0.2) is 11.6 Å². The first-order chi connectivity index (χ1) is 11.6. The lowest BCUT2D eigenvalue weighted by Crippen LogP contribution is -2.27. The van der Waals surface area contributed by atoms with Crippen LogP contribution in [0.15, 0.2) is 59.1 Å². The van der Waals surface area contributed by atoms with E-state index in [2.05, 4.69) is 15.9 Å². The Labute approximate surface area is 151 Å². The Bertz CT molecular complexity index is 724. The third-order valence-corrected chi connectivity index (χ3v) is 5.36. The highest BCUT2D eigenvalue weighted by molar-refractivity contribution is 9.10. The van der Waals surface area contributed by atoms with Crippen molar-refractivity contribution in [3.05, 3.63) is 70.2 Å². The van der Waals surface area contributed by atoms with Crippen molar-refractivity contribution in [1.82, 2.24) is 0 Å². The molecule has 3 rings (SSSR count). The van der Waals surface area contributed by atoms with E-state index < -0.39 is 0 Å². The molecule has 0 amide bonds. The Morgan fingerprint density at radius 1 is 1.08 bits per heavy atom. The van der Waals surface area contributed by atoms with Crippen molar-refractivity contribution in [3.63, 3.8) is 0 Å². The molecule has 0 N–H and O–H groups in total. The molecule has 124 valence electrons. The van der Waals surface area contributed by atoms with Crippen LogP contribution < -0.4 is 0 Å². The minimum Gasteiger partial charge on any atom is -0.299 e. The third-order valence-electron chi connectivity index (χ3n) is 4.87. The average Bonchev–Trinajstić information content (AvgIpc) is 2.61. The van der Waals surface area contributed by atoms with Crippen molar-refractivity contribution in [2.45, 2.75) is 38.0 Å². The van der Waals surface area contributed by atoms with E-state index in [0.717, 1.165) is 34.9 Å². The topological polar surface area (TPSA) is 34.1 Å². The first-order valence-corrected chi connectivity index (χ1v) is 9.31. The standard InChI is InChI=1S/C21H21BrO2/c22-17-10-6-9-16(13-17)19(18-11-4-5-12-20(18)23)14-21(24)15-7-2-1-3-8-15/h1-3,6-10,13,18-19H,4-5,11-12,14H2. The second-order valence-corrected chi connectivity index (χ2v) is 7.39. The molecule has 1 aliphatic carbocycles. The molecular weight excluding hydrogens is 364 g/mol. The SMILES string of the molecule is O=C(CC(c1cccc(Br)c1)C1CCCCC1=O)c1ccccc1. The smallest absolute Gasteiger partial charge is 0.163 e. The first-order valence-electron chi connectivity index (χ1n) is 8.51. The fourth-order valence-electron chi connectivity index (χ4n) is 3.61. The Morgan fingerprint density at radius 2 is 1.88 bits per heavy atom. The first kappa shape index (κ1) is 17.1. The maximum Gasteiger partial charge on any atom is 0.163 e. The summed E-state index contributed by atoms with van der Waals surface area (Å²) < 4.78 is 0.986. The number of carbonyl (C=O) groups excluding carboxylic acids is 2. The molecule has 0 heterocycles. The van der Waals surface area contributed by atoms with Crippen LogP contribution in [0.2, 0.25) is 0 Å². The molecule has 1 fully saturated rings. The van der Waals surface area contributed by atoms with Gasteiger partial charge in [0.1, 0.15) is 5.78 Å². The van der Waals surface area contributed by atoms with Crippen molar-refractivity contribution >= 4 is 27.5 Å². The molecule has 24 heavy (non-hydrogen) atoms. The average molecular weight is 385 g/mol. The normalized spacial score (nSPS) is 19.0. The molecule has 1 saturated carbocycles. The summed E-state index contributed by atoms with van der Waals surface area (Å²) in [5, 5.41) is 0. The van der Waals surface area contributed by atoms with Gasteiger partial charge >= 0.3 is 0 Å². The van der Waals surface area contributed by atoms with Gasteiger partial charge in [0.2, 0.25) is 0 Å². The lowest BCUT2D eigenvalue weighted by atomic mass is 9.73. The molecule has 2 unspecified atom stereocenters. The maximum atomic E-state index is 12.7. The van der Waals surface area contributed by atoms with Gasteiger partial charge in [-0.05, 0) is 30.5 Å². The van der Waals surface area contributed by atoms with Gasteiger partial charge in [-0.25, -0.2) is 0 Å². The van der Waals surface area contributed by atoms with E-state index in [4.69, 9.17) is 0 Å². The fourth-order valence-corrected chi connectivity index (χ4v) is 4.02. The summed E-state index contributed by atoms with van der Waals surface area (Å²) in [5.41, 5.74) is 1.80. The van der Waals surface area contributed by atoms with Crippen molar-refractivity contribution < 1.29 is 9.59 Å². The quantitative estimate of drug-likeness (QED) is 0.631. The Hall–Kier alpha value is -1.74. The number of hydrogen-bond acceptors (Lipinski definition) is 2. The number of hydrogen-bond donors (Lipinski definition) is 0. The third kappa shape index (κ3) is 4.02. The number of rotatable bonds is 5. The molecule has 0 bridgehead atoms. The molecule has 0 aromatic heterocycles. The van der Waals surface area contributed by atoms with Crippen molar-refractivity contribution in [2.24, 2.45) is 5.92 Å². The van der Waals surface area contributed by atoms with Gasteiger partial charge in [-0.15, -0.1) is 0 Å². The van der Waals surface area contributed by atoms with Crippen LogP contribution in [0.4, 0.5) is 0 Å². The lowest BCUT2D eigenvalue weighted by molar-refractivity contribution is -0.125. The minimum absolute atomic E-state index is 0.0389. The number of ketones is 2. The van der Waals surface area contributed by atoms with E-state index in [1.165, 1.54) is 0 Å². The Morgan fingerprint density at radius 3 is 2.58 bits per heavy atom. The maximum absolute atomic E-state index is 12.7. The number of carbonyl (C=O) groups is 2. The van der Waals surface area contributed by atoms with Crippen LogP contribution in [0.3, 0.4) is 0 Å². The molecule has 2 atom stereocenters. The van der Waals surface area contributed by atoms with Crippen LogP contribution in [0, 0.1) is 5.92 Å². The summed E-state index contributed by atoms with van der Waals surface area (Å²) in [4.78, 5) is 25.2. The molecule has 0 aliphatic heterocycles. The van der Waals surface area contributed by atoms with E-state index >= 15 is 0 Å². The van der Waals surface area contributed by atoms with Crippen LogP contribution in [0.5, 0.6) is 0 Å². The van der Waals surface area contributed by atoms with Crippen LogP contribution in [0.25, 0.3) is 0 Å². The van der Waals surface area contributed by atoms with Gasteiger partial charge in [0.25, 0.3) is 0 Å². The zero-order chi connectivity index (χ0) is 16.9. The highest BCUT2D eigenvalue weighted by Gasteiger charge is 2.32. The summed E-state index contributed by atoms with van der Waals surface area (Å²) >= 11 is 3.51. The van der Waals surface area contributed by atoms with Gasteiger partial charge in [0.15, 0.2) is 5.78 Å². The molecule has 0 radical (unpaired) electrons. The van der Waals surface area contributed by atoms with Gasteiger partial charge in [-0.3, -0.25) is 9.59 Å². The predicted octanol–water partition coefficient (Wildman–Crippen LogP) is 5.57. The largest absolute Gasteiger partial charge is 0.299 e. The lowest BCUT2D eigenvalue weighted by Gasteiger charge is -2.29. The van der Waals surface area contributed by atoms with E-state index in [9.17, 15) is 9.59 Å². The van der Waals surface area contributed by atoms with E-state index in [1.54, 1.807) is 0 Å². The summed E-state index contributed by atoms with van der Waals surface area (Å²) in [6, 6.07) is 17.4. The summed E-state index contributed by atoms with van der Waals surface area (Å²) in [5.74, 6) is 0.342. The minimum atomic E-state index is -0.0410. The summed E-state index contributed by atoms with van der Waals surface area (Å²) in [6.07, 6.45) is 3.97. The molecule has 2 aromatic rings. The van der Waals surface area contributed by atoms with Gasteiger partial charge in [0.05, 0.1) is 0 Å².